The van der Waals surface area contributed by atoms with Crippen molar-refractivity contribution < 1.29 is 18.7 Å². The Bertz CT molecular complexity index is 1090. The molecule has 1 N–H and O–H groups in total. The number of rotatable bonds is 3. The Morgan fingerprint density at radius 3 is 2.59 bits per heavy atom. The number of ether oxygens (including phenoxy) is 2. The van der Waals surface area contributed by atoms with Crippen LogP contribution in [0.4, 0.5) is 14.9 Å². The lowest BCUT2D eigenvalue weighted by molar-refractivity contribution is 0.0240. The van der Waals surface area contributed by atoms with Crippen LogP contribution in [0.25, 0.3) is 11.5 Å². The number of aromatic amines is 1. The van der Waals surface area contributed by atoms with Crippen LogP contribution in [-0.2, 0) is 15.9 Å². The molecule has 32 heavy (non-hydrogen) atoms. The zero-order valence-electron chi connectivity index (χ0n) is 18.9. The summed E-state index contributed by atoms with van der Waals surface area (Å²) in [5, 5.41) is 2.94. The molecular formula is C21H29FN6O4. The molecule has 1 atom stereocenters. The van der Waals surface area contributed by atoms with Crippen molar-refractivity contribution in [3.05, 3.63) is 27.9 Å². The van der Waals surface area contributed by atoms with E-state index in [-0.39, 0.29) is 30.5 Å². The highest BCUT2D eigenvalue weighted by Crippen LogP contribution is 2.22. The van der Waals surface area contributed by atoms with Gasteiger partial charge in [-0.3, -0.25) is 9.89 Å². The summed E-state index contributed by atoms with van der Waals surface area (Å²) in [6.07, 6.45) is 1.02. The Morgan fingerprint density at radius 1 is 1.28 bits per heavy atom. The van der Waals surface area contributed by atoms with Gasteiger partial charge in [0.1, 0.15) is 24.1 Å². The first-order valence-corrected chi connectivity index (χ1v) is 10.9. The van der Waals surface area contributed by atoms with Crippen LogP contribution in [0.2, 0.25) is 0 Å². The number of allylic oxidation sites excluding steroid dienone is 1. The molecular weight excluding hydrogens is 419 g/mol. The van der Waals surface area contributed by atoms with E-state index in [1.807, 2.05) is 32.6 Å². The van der Waals surface area contributed by atoms with Crippen LogP contribution in [0.15, 0.2) is 10.9 Å². The van der Waals surface area contributed by atoms with E-state index in [1.54, 1.807) is 11.0 Å². The molecule has 0 bridgehead atoms. The second kappa shape index (κ2) is 8.44. The van der Waals surface area contributed by atoms with E-state index in [1.165, 1.54) is 4.52 Å². The molecule has 4 heterocycles. The molecule has 0 saturated carbocycles. The van der Waals surface area contributed by atoms with E-state index in [4.69, 9.17) is 9.47 Å². The number of carbonyl (C=O) groups is 1. The number of fused-ring (bicyclic) bond motifs is 1. The van der Waals surface area contributed by atoms with Crippen molar-refractivity contribution in [1.29, 1.82) is 0 Å². The maximum atomic E-state index is 13.4. The second-order valence-corrected chi connectivity index (χ2v) is 8.94. The van der Waals surface area contributed by atoms with Gasteiger partial charge in [-0.2, -0.15) is 9.50 Å². The van der Waals surface area contributed by atoms with Gasteiger partial charge < -0.3 is 19.3 Å². The van der Waals surface area contributed by atoms with Crippen LogP contribution in [0, 0.1) is 0 Å². The van der Waals surface area contributed by atoms with Gasteiger partial charge in [0.15, 0.2) is 11.6 Å². The fourth-order valence-corrected chi connectivity index (χ4v) is 3.77. The highest BCUT2D eigenvalue weighted by atomic mass is 19.1. The van der Waals surface area contributed by atoms with Gasteiger partial charge in [-0.25, -0.2) is 14.2 Å². The molecule has 0 spiro atoms. The third-order valence-corrected chi connectivity index (χ3v) is 5.34. The summed E-state index contributed by atoms with van der Waals surface area (Å²) >= 11 is 0. The number of anilines is 1. The minimum atomic E-state index is -1.04. The Balaban J connectivity index is 1.58. The van der Waals surface area contributed by atoms with Gasteiger partial charge in [0, 0.05) is 32.6 Å². The Kier molecular flexibility index (Phi) is 5.83. The van der Waals surface area contributed by atoms with Crippen LogP contribution >= 0.6 is 0 Å². The van der Waals surface area contributed by atoms with E-state index in [9.17, 15) is 14.0 Å². The number of piperazine rings is 1. The molecule has 11 heteroatoms. The van der Waals surface area contributed by atoms with Gasteiger partial charge in [0.25, 0.3) is 11.3 Å². The van der Waals surface area contributed by atoms with Crippen molar-refractivity contribution in [2.45, 2.75) is 52.3 Å². The van der Waals surface area contributed by atoms with E-state index in [2.05, 4.69) is 15.1 Å². The van der Waals surface area contributed by atoms with Crippen molar-refractivity contribution in [2.75, 3.05) is 37.7 Å². The van der Waals surface area contributed by atoms with Crippen LogP contribution in [0.1, 0.15) is 45.6 Å². The molecule has 2 aliphatic rings. The lowest BCUT2D eigenvalue weighted by atomic mass is 10.2. The molecule has 2 aliphatic heterocycles. The summed E-state index contributed by atoms with van der Waals surface area (Å²) in [5.41, 5.74) is 0.307. The van der Waals surface area contributed by atoms with Gasteiger partial charge in [-0.15, -0.1) is 0 Å². The maximum absolute atomic E-state index is 13.4. The molecule has 1 saturated heterocycles. The summed E-state index contributed by atoms with van der Waals surface area (Å²) < 4.78 is 25.5. The number of hydrogen-bond donors (Lipinski definition) is 1. The molecule has 0 aromatic carbocycles. The zero-order valence-corrected chi connectivity index (χ0v) is 18.9. The SMILES string of the molecule is CCc1nc2nc(C3=CC[C@H](F)CO3)[nH]n2c(=O)c1N1CCN(C(=O)OC(C)(C)C)CC1. The Hall–Kier alpha value is -3.11. The van der Waals surface area contributed by atoms with Gasteiger partial charge in [-0.05, 0) is 33.3 Å². The van der Waals surface area contributed by atoms with E-state index in [0.29, 0.717) is 55.6 Å². The summed E-state index contributed by atoms with van der Waals surface area (Å²) in [6.45, 7) is 9.25. The number of halogens is 1. The highest BCUT2D eigenvalue weighted by Gasteiger charge is 2.29. The van der Waals surface area contributed by atoms with Crippen molar-refractivity contribution in [3.63, 3.8) is 0 Å². The number of nitrogens with one attached hydrogen (secondary N) is 1. The number of nitrogens with zero attached hydrogens (tertiary/aromatic N) is 5. The average Bonchev–Trinajstić information content (AvgIpc) is 3.17. The summed E-state index contributed by atoms with van der Waals surface area (Å²) in [6, 6.07) is 0. The fourth-order valence-electron chi connectivity index (χ4n) is 3.77. The van der Waals surface area contributed by atoms with Crippen molar-refractivity contribution in [3.8, 4) is 0 Å². The first kappa shape index (κ1) is 22.1. The molecule has 0 aliphatic carbocycles. The average molecular weight is 448 g/mol. The first-order chi connectivity index (χ1) is 15.2. The first-order valence-electron chi connectivity index (χ1n) is 10.9. The minimum Gasteiger partial charge on any atom is -0.487 e. The number of amides is 1. The Morgan fingerprint density at radius 2 is 2.00 bits per heavy atom. The van der Waals surface area contributed by atoms with Crippen LogP contribution in [-0.4, -0.2) is 75.1 Å². The van der Waals surface area contributed by atoms with Crippen molar-refractivity contribution in [2.24, 2.45) is 0 Å². The van der Waals surface area contributed by atoms with Gasteiger partial charge in [0.05, 0.1) is 5.69 Å². The van der Waals surface area contributed by atoms with E-state index < -0.39 is 11.8 Å². The maximum Gasteiger partial charge on any atom is 0.410 e. The predicted octanol–water partition coefficient (Wildman–Crippen LogP) is 2.14. The summed E-state index contributed by atoms with van der Waals surface area (Å²) in [5.74, 6) is 0.995. The minimum absolute atomic E-state index is 0.0431. The molecule has 1 amide bonds. The van der Waals surface area contributed by atoms with Gasteiger partial charge in [0.2, 0.25) is 0 Å². The second-order valence-electron chi connectivity index (χ2n) is 8.94. The molecule has 174 valence electrons. The van der Waals surface area contributed by atoms with Gasteiger partial charge >= 0.3 is 6.09 Å². The lowest BCUT2D eigenvalue weighted by Gasteiger charge is -2.36. The molecule has 2 aromatic rings. The largest absolute Gasteiger partial charge is 0.487 e. The summed E-state index contributed by atoms with van der Waals surface area (Å²) in [4.78, 5) is 38.2. The third kappa shape index (κ3) is 4.42. The van der Waals surface area contributed by atoms with Crippen LogP contribution < -0.4 is 10.5 Å². The predicted molar refractivity (Wildman–Crippen MR) is 116 cm³/mol. The van der Waals surface area contributed by atoms with E-state index in [0.717, 1.165) is 0 Å². The normalized spacial score (nSPS) is 19.7. The fraction of sp³-hybridized carbons (Fsp3) is 0.619. The lowest BCUT2D eigenvalue weighted by Crippen LogP contribution is -2.51. The smallest absolute Gasteiger partial charge is 0.410 e. The molecule has 0 radical (unpaired) electrons. The monoisotopic (exact) mass is 448 g/mol. The Labute approximate surface area is 185 Å². The molecule has 4 rings (SSSR count). The van der Waals surface area contributed by atoms with Crippen LogP contribution in [0.3, 0.4) is 0 Å². The number of aryl methyl sites for hydroxylation is 1. The zero-order chi connectivity index (χ0) is 23.0. The standard InChI is InChI=1S/C21H29FN6O4/c1-5-14-16(26-8-10-27(11-9-26)20(30)32-21(2,3)4)18(29)28-19(23-14)24-17(25-28)15-7-6-13(22)12-31-15/h7,13H,5-6,8-12H2,1-4H3,(H,23,24,25)/t13-/m0/s1. The van der Waals surface area contributed by atoms with Gasteiger partial charge in [-0.1, -0.05) is 6.92 Å². The number of hydrogen-bond acceptors (Lipinski definition) is 7. The van der Waals surface area contributed by atoms with Crippen molar-refractivity contribution in [1.82, 2.24) is 24.5 Å². The number of H-pyrrole nitrogens is 1. The highest BCUT2D eigenvalue weighted by molar-refractivity contribution is 5.69. The quantitative estimate of drug-likeness (QED) is 0.767. The number of carbonyl (C=O) groups excluding carboxylic acids is 1. The summed E-state index contributed by atoms with van der Waals surface area (Å²) in [7, 11) is 0. The number of aromatic nitrogens is 4. The van der Waals surface area contributed by atoms with Crippen molar-refractivity contribution >= 4 is 23.3 Å². The van der Waals surface area contributed by atoms with E-state index >= 15 is 0 Å². The molecule has 2 aromatic heterocycles. The third-order valence-electron chi connectivity index (χ3n) is 5.34. The molecule has 1 fully saturated rings. The number of alkyl halides is 1. The van der Waals surface area contributed by atoms with Crippen LogP contribution in [0.5, 0.6) is 0 Å². The molecule has 10 nitrogen and oxygen atoms in total. The molecule has 0 unspecified atom stereocenters. The topological polar surface area (TPSA) is 105 Å².